The van der Waals surface area contributed by atoms with Crippen molar-refractivity contribution in [3.8, 4) is 5.75 Å². The highest BCUT2D eigenvalue weighted by atomic mass is 19.1. The van der Waals surface area contributed by atoms with Crippen molar-refractivity contribution in [3.05, 3.63) is 48.3 Å². The van der Waals surface area contributed by atoms with E-state index in [-0.39, 0.29) is 11.9 Å². The maximum atomic E-state index is 13.1. The minimum absolute atomic E-state index is 0.343. The number of aliphatic hydroxyl groups excluding tert-OH is 1. The number of rotatable bonds is 4. The number of benzene rings is 1. The number of nitrogens with zero attached hydrogens (tertiary/aromatic N) is 2. The summed E-state index contributed by atoms with van der Waals surface area (Å²) >= 11 is 0. The van der Waals surface area contributed by atoms with Gasteiger partial charge in [0, 0.05) is 37.6 Å². The standard InChI is InChI=1S/C14H16FN3O2/c15-10-2-1-3-12(4-10)20-14-8-18(7-13(14)19)6-11-5-16-9-17-11/h1-5,9,13-14,19H,6-8H2,(H,16,17)/t13-,14-/m1/s1. The first kappa shape index (κ1) is 13.1. The Labute approximate surface area is 116 Å². The molecule has 1 saturated heterocycles. The Morgan fingerprint density at radius 3 is 3.10 bits per heavy atom. The molecule has 5 nitrogen and oxygen atoms in total. The van der Waals surface area contributed by atoms with Crippen LogP contribution in [0.3, 0.4) is 0 Å². The molecule has 0 spiro atoms. The Hall–Kier alpha value is -1.92. The van der Waals surface area contributed by atoms with Gasteiger partial charge in [-0.15, -0.1) is 0 Å². The Balaban J connectivity index is 1.61. The first-order valence-corrected chi connectivity index (χ1v) is 6.50. The molecule has 2 aromatic rings. The topological polar surface area (TPSA) is 61.4 Å². The molecule has 1 aromatic heterocycles. The molecule has 2 atom stereocenters. The van der Waals surface area contributed by atoms with Gasteiger partial charge in [-0.2, -0.15) is 0 Å². The molecule has 2 heterocycles. The number of aliphatic hydroxyl groups is 1. The van der Waals surface area contributed by atoms with Crippen molar-refractivity contribution in [1.29, 1.82) is 0 Å². The third-order valence-electron chi connectivity index (χ3n) is 3.34. The second kappa shape index (κ2) is 5.60. The van der Waals surface area contributed by atoms with Crippen molar-refractivity contribution in [2.24, 2.45) is 0 Å². The van der Waals surface area contributed by atoms with Crippen LogP contribution in [-0.2, 0) is 6.54 Å². The van der Waals surface area contributed by atoms with Gasteiger partial charge in [0.2, 0.25) is 0 Å². The number of hydrogen-bond acceptors (Lipinski definition) is 4. The summed E-state index contributed by atoms with van der Waals surface area (Å²) in [4.78, 5) is 9.06. The van der Waals surface area contributed by atoms with Crippen LogP contribution < -0.4 is 4.74 Å². The quantitative estimate of drug-likeness (QED) is 0.881. The fourth-order valence-electron chi connectivity index (χ4n) is 2.40. The van der Waals surface area contributed by atoms with E-state index in [2.05, 4.69) is 14.9 Å². The zero-order valence-corrected chi connectivity index (χ0v) is 10.9. The van der Waals surface area contributed by atoms with Crippen LogP contribution in [0.5, 0.6) is 5.75 Å². The van der Waals surface area contributed by atoms with E-state index in [1.165, 1.54) is 12.1 Å². The summed E-state index contributed by atoms with van der Waals surface area (Å²) in [5.41, 5.74) is 0.989. The van der Waals surface area contributed by atoms with Crippen molar-refractivity contribution in [2.75, 3.05) is 13.1 Å². The van der Waals surface area contributed by atoms with Crippen molar-refractivity contribution in [2.45, 2.75) is 18.8 Å². The molecule has 0 aliphatic carbocycles. The van der Waals surface area contributed by atoms with Crippen LogP contribution in [0.2, 0.25) is 0 Å². The highest BCUT2D eigenvalue weighted by Gasteiger charge is 2.33. The van der Waals surface area contributed by atoms with Gasteiger partial charge in [0.15, 0.2) is 0 Å². The number of nitrogens with one attached hydrogen (secondary N) is 1. The first-order chi connectivity index (χ1) is 9.70. The van der Waals surface area contributed by atoms with E-state index in [0.29, 0.717) is 25.4 Å². The lowest BCUT2D eigenvalue weighted by molar-refractivity contribution is 0.0734. The molecular formula is C14H16FN3O2. The molecule has 0 saturated carbocycles. The zero-order chi connectivity index (χ0) is 13.9. The molecule has 1 aromatic carbocycles. The van der Waals surface area contributed by atoms with Crippen LogP contribution in [0.25, 0.3) is 0 Å². The van der Waals surface area contributed by atoms with Crippen LogP contribution in [0, 0.1) is 5.82 Å². The van der Waals surface area contributed by atoms with Crippen molar-refractivity contribution in [3.63, 3.8) is 0 Å². The summed E-state index contributed by atoms with van der Waals surface area (Å²) in [6.45, 7) is 1.80. The van der Waals surface area contributed by atoms with Crippen LogP contribution in [-0.4, -0.2) is 45.3 Å². The fourth-order valence-corrected chi connectivity index (χ4v) is 2.40. The van der Waals surface area contributed by atoms with E-state index < -0.39 is 6.10 Å². The molecule has 1 aliphatic heterocycles. The lowest BCUT2D eigenvalue weighted by atomic mass is 10.2. The Bertz CT molecular complexity index is 561. The molecule has 3 rings (SSSR count). The Kier molecular flexibility index (Phi) is 3.66. The number of aromatic nitrogens is 2. The van der Waals surface area contributed by atoms with E-state index >= 15 is 0 Å². The van der Waals surface area contributed by atoms with Crippen LogP contribution in [0.15, 0.2) is 36.8 Å². The maximum Gasteiger partial charge on any atom is 0.138 e. The van der Waals surface area contributed by atoms with E-state index in [1.807, 2.05) is 0 Å². The largest absolute Gasteiger partial charge is 0.486 e. The zero-order valence-electron chi connectivity index (χ0n) is 10.9. The number of aromatic amines is 1. The minimum atomic E-state index is -0.582. The molecule has 0 bridgehead atoms. The fraction of sp³-hybridized carbons (Fsp3) is 0.357. The van der Waals surface area contributed by atoms with E-state index in [9.17, 15) is 9.50 Å². The number of ether oxygens (including phenoxy) is 1. The molecule has 106 valence electrons. The first-order valence-electron chi connectivity index (χ1n) is 6.50. The summed E-state index contributed by atoms with van der Waals surface area (Å²) in [5.74, 6) is 0.0988. The highest BCUT2D eigenvalue weighted by Crippen LogP contribution is 2.20. The average Bonchev–Trinajstić information content (AvgIpc) is 3.01. The SMILES string of the molecule is O[C@@H]1CN(Cc2cnc[nH]2)C[C@H]1Oc1cccc(F)c1. The van der Waals surface area contributed by atoms with Gasteiger partial charge >= 0.3 is 0 Å². The lowest BCUT2D eigenvalue weighted by Crippen LogP contribution is -2.29. The molecule has 20 heavy (non-hydrogen) atoms. The minimum Gasteiger partial charge on any atom is -0.486 e. The summed E-state index contributed by atoms with van der Waals surface area (Å²) < 4.78 is 18.8. The molecule has 2 N–H and O–H groups in total. The molecule has 1 aliphatic rings. The van der Waals surface area contributed by atoms with Gasteiger partial charge in [0.05, 0.1) is 6.33 Å². The Morgan fingerprint density at radius 2 is 2.35 bits per heavy atom. The van der Waals surface area contributed by atoms with Crippen molar-refractivity contribution < 1.29 is 14.2 Å². The number of hydrogen-bond donors (Lipinski definition) is 2. The smallest absolute Gasteiger partial charge is 0.138 e. The number of halogens is 1. The van der Waals surface area contributed by atoms with Gasteiger partial charge in [-0.3, -0.25) is 4.90 Å². The van der Waals surface area contributed by atoms with E-state index in [4.69, 9.17) is 4.74 Å². The van der Waals surface area contributed by atoms with Gasteiger partial charge in [-0.1, -0.05) is 6.07 Å². The van der Waals surface area contributed by atoms with Gasteiger partial charge < -0.3 is 14.8 Å². The molecule has 0 radical (unpaired) electrons. The summed E-state index contributed by atoms with van der Waals surface area (Å²) in [6.07, 6.45) is 2.45. The number of β-amino-alcohol motifs (C(OH)–C–C–N with tert-alkyl or cyclic N) is 1. The normalized spacial score (nSPS) is 23.1. The highest BCUT2D eigenvalue weighted by molar-refractivity contribution is 5.23. The lowest BCUT2D eigenvalue weighted by Gasteiger charge is -2.16. The molecule has 1 fully saturated rings. The third-order valence-corrected chi connectivity index (χ3v) is 3.34. The molecule has 0 amide bonds. The van der Waals surface area contributed by atoms with E-state index in [0.717, 1.165) is 5.69 Å². The second-order valence-electron chi connectivity index (χ2n) is 4.95. The van der Waals surface area contributed by atoms with Crippen molar-refractivity contribution >= 4 is 0 Å². The molecule has 6 heteroatoms. The summed E-state index contributed by atoms with van der Waals surface area (Å²) in [6, 6.07) is 5.97. The van der Waals surface area contributed by atoms with Gasteiger partial charge in [0.1, 0.15) is 23.8 Å². The predicted molar refractivity (Wildman–Crippen MR) is 70.7 cm³/mol. The van der Waals surface area contributed by atoms with Crippen LogP contribution in [0.1, 0.15) is 5.69 Å². The Morgan fingerprint density at radius 1 is 1.45 bits per heavy atom. The number of likely N-dealkylation sites (tertiary alicyclic amines) is 1. The van der Waals surface area contributed by atoms with Gasteiger partial charge in [-0.05, 0) is 12.1 Å². The molecular weight excluding hydrogens is 261 g/mol. The van der Waals surface area contributed by atoms with Gasteiger partial charge in [0.25, 0.3) is 0 Å². The monoisotopic (exact) mass is 277 g/mol. The molecule has 0 unspecified atom stereocenters. The van der Waals surface area contributed by atoms with Crippen LogP contribution >= 0.6 is 0 Å². The van der Waals surface area contributed by atoms with E-state index in [1.54, 1.807) is 24.7 Å². The van der Waals surface area contributed by atoms with Crippen LogP contribution in [0.4, 0.5) is 4.39 Å². The third kappa shape index (κ3) is 2.97. The summed E-state index contributed by atoms with van der Waals surface area (Å²) in [7, 11) is 0. The van der Waals surface area contributed by atoms with Gasteiger partial charge in [-0.25, -0.2) is 9.37 Å². The average molecular weight is 277 g/mol. The number of H-pyrrole nitrogens is 1. The maximum absolute atomic E-state index is 13.1. The predicted octanol–water partition coefficient (Wildman–Crippen LogP) is 1.17. The summed E-state index contributed by atoms with van der Waals surface area (Å²) in [5, 5.41) is 10.0. The van der Waals surface area contributed by atoms with Crippen molar-refractivity contribution in [1.82, 2.24) is 14.9 Å². The number of imidazole rings is 1. The second-order valence-corrected chi connectivity index (χ2v) is 4.95.